The Bertz CT molecular complexity index is 1210. The molecule has 0 bridgehead atoms. The van der Waals surface area contributed by atoms with Crippen LogP contribution in [0, 0.1) is 0 Å². The topological polar surface area (TPSA) is 113 Å². The summed E-state index contributed by atoms with van der Waals surface area (Å²) in [4.78, 5) is 31.8. The Hall–Kier alpha value is -3.94. The zero-order valence-electron chi connectivity index (χ0n) is 15.7. The number of benzene rings is 1. The fourth-order valence-corrected chi connectivity index (χ4v) is 3.15. The Kier molecular flexibility index (Phi) is 5.07. The number of aromatic nitrogens is 4. The standard InChI is InChI=1S/C21H19N5O3/c1-29-15-2-3-16-14(12-24-19(16)10-15)6-9-23-20(27)17-11-18(25-26-21(17)28)13-4-7-22-8-5-13/h2-5,7-8,10-12,24H,6,9H2,1H3,(H,23,27)(H,26,28). The van der Waals surface area contributed by atoms with Gasteiger partial charge < -0.3 is 15.0 Å². The number of methoxy groups -OCH3 is 1. The molecule has 0 aliphatic rings. The lowest BCUT2D eigenvalue weighted by molar-refractivity contribution is 0.0952. The summed E-state index contributed by atoms with van der Waals surface area (Å²) in [6.07, 6.45) is 5.78. The van der Waals surface area contributed by atoms with Crippen LogP contribution in [0.3, 0.4) is 0 Å². The molecule has 0 saturated heterocycles. The van der Waals surface area contributed by atoms with E-state index in [-0.39, 0.29) is 5.56 Å². The van der Waals surface area contributed by atoms with Gasteiger partial charge in [-0.15, -0.1) is 0 Å². The van der Waals surface area contributed by atoms with Gasteiger partial charge >= 0.3 is 0 Å². The van der Waals surface area contributed by atoms with Gasteiger partial charge in [0.25, 0.3) is 11.5 Å². The number of aromatic amines is 2. The molecular formula is C21H19N5O3. The second-order valence-electron chi connectivity index (χ2n) is 6.46. The van der Waals surface area contributed by atoms with Crippen molar-refractivity contribution in [2.45, 2.75) is 6.42 Å². The molecule has 8 nitrogen and oxygen atoms in total. The van der Waals surface area contributed by atoms with Gasteiger partial charge in [0, 0.05) is 47.7 Å². The van der Waals surface area contributed by atoms with Gasteiger partial charge in [0.2, 0.25) is 0 Å². The van der Waals surface area contributed by atoms with E-state index in [0.717, 1.165) is 27.8 Å². The first-order valence-corrected chi connectivity index (χ1v) is 9.08. The molecular weight excluding hydrogens is 370 g/mol. The second-order valence-corrected chi connectivity index (χ2v) is 6.46. The Morgan fingerprint density at radius 2 is 2.00 bits per heavy atom. The van der Waals surface area contributed by atoms with Crippen molar-refractivity contribution >= 4 is 16.8 Å². The number of hydrogen-bond acceptors (Lipinski definition) is 5. The van der Waals surface area contributed by atoms with E-state index in [9.17, 15) is 9.59 Å². The molecule has 3 N–H and O–H groups in total. The molecule has 3 aromatic heterocycles. The molecule has 0 unspecified atom stereocenters. The highest BCUT2D eigenvalue weighted by Crippen LogP contribution is 2.23. The summed E-state index contributed by atoms with van der Waals surface area (Å²) in [7, 11) is 1.63. The van der Waals surface area contributed by atoms with Crippen LogP contribution in [0.5, 0.6) is 5.75 Å². The SMILES string of the molecule is COc1ccc2c(CCNC(=O)c3cc(-c4ccncc4)n[nH]c3=O)c[nH]c2c1. The number of hydrogen-bond donors (Lipinski definition) is 3. The van der Waals surface area contributed by atoms with E-state index < -0.39 is 11.5 Å². The van der Waals surface area contributed by atoms with Crippen LogP contribution >= 0.6 is 0 Å². The molecule has 0 radical (unpaired) electrons. The van der Waals surface area contributed by atoms with Crippen LogP contribution in [0.25, 0.3) is 22.2 Å². The molecule has 0 saturated carbocycles. The Morgan fingerprint density at radius 3 is 2.79 bits per heavy atom. The van der Waals surface area contributed by atoms with Gasteiger partial charge in [0.15, 0.2) is 0 Å². The number of carbonyl (C=O) groups is 1. The number of H-pyrrole nitrogens is 2. The molecule has 0 spiro atoms. The number of rotatable bonds is 6. The lowest BCUT2D eigenvalue weighted by Gasteiger charge is -2.06. The third-order valence-electron chi connectivity index (χ3n) is 4.68. The van der Waals surface area contributed by atoms with Crippen LogP contribution in [0.4, 0.5) is 0 Å². The summed E-state index contributed by atoms with van der Waals surface area (Å²) >= 11 is 0. The predicted molar refractivity (Wildman–Crippen MR) is 109 cm³/mol. The fourth-order valence-electron chi connectivity index (χ4n) is 3.15. The summed E-state index contributed by atoms with van der Waals surface area (Å²) in [5.74, 6) is 0.339. The van der Waals surface area contributed by atoms with Crippen molar-refractivity contribution in [3.05, 3.63) is 76.5 Å². The average Bonchev–Trinajstić information content (AvgIpc) is 3.16. The van der Waals surface area contributed by atoms with E-state index in [1.807, 2.05) is 24.4 Å². The molecule has 146 valence electrons. The van der Waals surface area contributed by atoms with Crippen LogP contribution in [0.2, 0.25) is 0 Å². The molecule has 0 aliphatic carbocycles. The Labute approximate surface area is 166 Å². The normalized spacial score (nSPS) is 10.8. The van der Waals surface area contributed by atoms with Crippen LogP contribution < -0.4 is 15.6 Å². The molecule has 0 aliphatic heterocycles. The number of amides is 1. The highest BCUT2D eigenvalue weighted by atomic mass is 16.5. The molecule has 29 heavy (non-hydrogen) atoms. The van der Waals surface area contributed by atoms with Gasteiger partial charge in [-0.3, -0.25) is 14.6 Å². The fraction of sp³-hybridized carbons (Fsp3) is 0.143. The van der Waals surface area contributed by atoms with E-state index in [0.29, 0.717) is 18.7 Å². The third-order valence-corrected chi connectivity index (χ3v) is 4.68. The van der Waals surface area contributed by atoms with Crippen molar-refractivity contribution in [2.24, 2.45) is 0 Å². The largest absolute Gasteiger partial charge is 0.497 e. The molecule has 3 heterocycles. The van der Waals surface area contributed by atoms with Crippen molar-refractivity contribution in [3.8, 4) is 17.0 Å². The highest BCUT2D eigenvalue weighted by molar-refractivity contribution is 5.94. The maximum Gasteiger partial charge on any atom is 0.277 e. The molecule has 1 amide bonds. The maximum absolute atomic E-state index is 12.5. The Balaban J connectivity index is 1.46. The third kappa shape index (κ3) is 3.86. The number of fused-ring (bicyclic) bond motifs is 1. The second kappa shape index (κ2) is 7.97. The van der Waals surface area contributed by atoms with Gasteiger partial charge in [-0.1, -0.05) is 0 Å². The minimum Gasteiger partial charge on any atom is -0.497 e. The van der Waals surface area contributed by atoms with E-state index in [2.05, 4.69) is 25.5 Å². The van der Waals surface area contributed by atoms with Crippen molar-refractivity contribution < 1.29 is 9.53 Å². The molecule has 4 aromatic rings. The van der Waals surface area contributed by atoms with E-state index in [1.54, 1.807) is 31.6 Å². The lowest BCUT2D eigenvalue weighted by Crippen LogP contribution is -2.31. The molecule has 4 rings (SSSR count). The van der Waals surface area contributed by atoms with E-state index in [4.69, 9.17) is 4.74 Å². The number of nitrogens with zero attached hydrogens (tertiary/aromatic N) is 2. The summed E-state index contributed by atoms with van der Waals surface area (Å²) in [6, 6.07) is 10.8. The maximum atomic E-state index is 12.5. The summed E-state index contributed by atoms with van der Waals surface area (Å²) in [6.45, 7) is 0.393. The van der Waals surface area contributed by atoms with Crippen molar-refractivity contribution in [2.75, 3.05) is 13.7 Å². The first kappa shape index (κ1) is 18.4. The minimum absolute atomic E-state index is 0.0236. The number of pyridine rings is 1. The smallest absolute Gasteiger partial charge is 0.277 e. The lowest BCUT2D eigenvalue weighted by atomic mass is 10.1. The number of ether oxygens (including phenoxy) is 1. The molecule has 0 atom stereocenters. The molecule has 8 heteroatoms. The van der Waals surface area contributed by atoms with Gasteiger partial charge in [-0.05, 0) is 42.3 Å². The number of nitrogens with one attached hydrogen (secondary N) is 3. The first-order chi connectivity index (χ1) is 14.2. The van der Waals surface area contributed by atoms with Crippen molar-refractivity contribution in [1.29, 1.82) is 0 Å². The molecule has 1 aromatic carbocycles. The first-order valence-electron chi connectivity index (χ1n) is 9.08. The average molecular weight is 389 g/mol. The van der Waals surface area contributed by atoms with Crippen LogP contribution in [-0.4, -0.2) is 39.7 Å². The zero-order chi connectivity index (χ0) is 20.2. The van der Waals surface area contributed by atoms with Crippen molar-refractivity contribution in [1.82, 2.24) is 25.5 Å². The van der Waals surface area contributed by atoms with Gasteiger partial charge in [0.05, 0.1) is 12.8 Å². The van der Waals surface area contributed by atoms with Gasteiger partial charge in [-0.2, -0.15) is 5.10 Å². The number of carbonyl (C=O) groups excluding carboxylic acids is 1. The summed E-state index contributed by atoms with van der Waals surface area (Å²) in [5, 5.41) is 10.3. The quantitative estimate of drug-likeness (QED) is 0.468. The van der Waals surface area contributed by atoms with Gasteiger partial charge in [-0.25, -0.2) is 5.10 Å². The predicted octanol–water partition coefficient (Wildman–Crippen LogP) is 2.29. The van der Waals surface area contributed by atoms with Gasteiger partial charge in [0.1, 0.15) is 11.3 Å². The zero-order valence-corrected chi connectivity index (χ0v) is 15.7. The van der Waals surface area contributed by atoms with Crippen LogP contribution in [-0.2, 0) is 6.42 Å². The summed E-state index contributed by atoms with van der Waals surface area (Å²) < 4.78 is 5.23. The Morgan fingerprint density at radius 1 is 1.17 bits per heavy atom. The van der Waals surface area contributed by atoms with Crippen molar-refractivity contribution in [3.63, 3.8) is 0 Å². The van der Waals surface area contributed by atoms with E-state index in [1.165, 1.54) is 6.07 Å². The highest BCUT2D eigenvalue weighted by Gasteiger charge is 2.13. The van der Waals surface area contributed by atoms with E-state index >= 15 is 0 Å². The molecule has 0 fully saturated rings. The minimum atomic E-state index is -0.528. The van der Waals surface area contributed by atoms with Crippen LogP contribution in [0.1, 0.15) is 15.9 Å². The summed E-state index contributed by atoms with van der Waals surface area (Å²) in [5.41, 5.74) is 2.81. The van der Waals surface area contributed by atoms with Crippen LogP contribution in [0.15, 0.2) is 59.8 Å². The monoisotopic (exact) mass is 389 g/mol.